The van der Waals surface area contributed by atoms with E-state index in [1.807, 2.05) is 36.4 Å². The molecule has 0 spiro atoms. The van der Waals surface area contributed by atoms with Crippen LogP contribution < -0.4 is 5.63 Å². The van der Waals surface area contributed by atoms with Crippen LogP contribution in [0.5, 0.6) is 0 Å². The van der Waals surface area contributed by atoms with Crippen molar-refractivity contribution in [2.24, 2.45) is 0 Å². The Morgan fingerprint density at radius 3 is 2.46 bits per heavy atom. The molecule has 3 aromatic carbocycles. The van der Waals surface area contributed by atoms with Crippen LogP contribution in [0, 0.1) is 0 Å². The number of rotatable bonds is 2. The second kappa shape index (κ2) is 6.42. The Kier molecular flexibility index (Phi) is 4.09. The number of esters is 1. The Morgan fingerprint density at radius 1 is 1.00 bits per heavy atom. The highest BCUT2D eigenvalue weighted by molar-refractivity contribution is 9.10. The van der Waals surface area contributed by atoms with Gasteiger partial charge >= 0.3 is 11.6 Å². The van der Waals surface area contributed by atoms with Gasteiger partial charge in [-0.2, -0.15) is 0 Å². The molecule has 4 nitrogen and oxygen atoms in total. The lowest BCUT2D eigenvalue weighted by atomic mass is 9.95. The first-order valence-electron chi connectivity index (χ1n) is 7.92. The molecule has 0 atom stereocenters. The number of benzene rings is 3. The molecule has 0 unspecified atom stereocenters. The third-order valence-corrected chi connectivity index (χ3v) is 4.83. The number of carbonyl (C=O) groups excluding carboxylic acids is 1. The fourth-order valence-corrected chi connectivity index (χ4v) is 3.36. The standard InChI is InChI=1S/C21H13BrO4/c1-25-20(23)13-10-16(12-6-8-14(22)9-7-12)19-17(11-13)15-4-2-3-5-18(15)26-21(19)24/h2-11H,1H3. The number of ether oxygens (including phenoxy) is 1. The van der Waals surface area contributed by atoms with E-state index < -0.39 is 11.6 Å². The van der Waals surface area contributed by atoms with E-state index in [1.54, 1.807) is 24.3 Å². The summed E-state index contributed by atoms with van der Waals surface area (Å²) >= 11 is 3.41. The van der Waals surface area contributed by atoms with Gasteiger partial charge in [-0.1, -0.05) is 46.3 Å². The largest absolute Gasteiger partial charge is 0.465 e. The van der Waals surface area contributed by atoms with Crippen LogP contribution in [0.1, 0.15) is 10.4 Å². The van der Waals surface area contributed by atoms with Gasteiger partial charge in [0.25, 0.3) is 0 Å². The van der Waals surface area contributed by atoms with E-state index in [2.05, 4.69) is 15.9 Å². The van der Waals surface area contributed by atoms with Crippen LogP contribution in [0.25, 0.3) is 32.9 Å². The first-order valence-corrected chi connectivity index (χ1v) is 8.71. The summed E-state index contributed by atoms with van der Waals surface area (Å²) in [5, 5.41) is 1.88. The van der Waals surface area contributed by atoms with Gasteiger partial charge < -0.3 is 9.15 Å². The Hall–Kier alpha value is -2.92. The average molecular weight is 409 g/mol. The summed E-state index contributed by atoms with van der Waals surface area (Å²) in [6, 6.07) is 18.2. The van der Waals surface area contributed by atoms with Crippen molar-refractivity contribution in [3.63, 3.8) is 0 Å². The molecule has 1 heterocycles. The predicted octanol–water partition coefficient (Wildman–Crippen LogP) is 5.16. The molecular formula is C21H13BrO4. The van der Waals surface area contributed by atoms with Crippen LogP contribution in [-0.2, 0) is 4.74 Å². The van der Waals surface area contributed by atoms with Crippen LogP contribution in [0.3, 0.4) is 0 Å². The lowest BCUT2D eigenvalue weighted by molar-refractivity contribution is 0.0601. The van der Waals surface area contributed by atoms with E-state index in [1.165, 1.54) is 7.11 Å². The van der Waals surface area contributed by atoms with Crippen molar-refractivity contribution in [1.29, 1.82) is 0 Å². The molecule has 0 bridgehead atoms. The molecule has 0 fully saturated rings. The van der Waals surface area contributed by atoms with E-state index in [0.29, 0.717) is 27.5 Å². The maximum absolute atomic E-state index is 12.7. The number of methoxy groups -OCH3 is 1. The summed E-state index contributed by atoms with van der Waals surface area (Å²) in [6.45, 7) is 0. The molecule has 128 valence electrons. The maximum atomic E-state index is 12.7. The van der Waals surface area contributed by atoms with Crippen molar-refractivity contribution in [1.82, 2.24) is 0 Å². The zero-order chi connectivity index (χ0) is 18.3. The van der Waals surface area contributed by atoms with Gasteiger partial charge in [0.15, 0.2) is 0 Å². The Bertz CT molecular complexity index is 1210. The summed E-state index contributed by atoms with van der Waals surface area (Å²) in [6.07, 6.45) is 0. The van der Waals surface area contributed by atoms with Crippen molar-refractivity contribution >= 4 is 43.6 Å². The third kappa shape index (κ3) is 2.70. The molecule has 0 saturated heterocycles. The normalized spacial score (nSPS) is 11.0. The molecule has 0 aliphatic heterocycles. The quantitative estimate of drug-likeness (QED) is 0.261. The van der Waals surface area contributed by atoms with Crippen LogP contribution in [-0.4, -0.2) is 13.1 Å². The van der Waals surface area contributed by atoms with Crippen molar-refractivity contribution < 1.29 is 13.9 Å². The number of halogens is 1. The molecule has 26 heavy (non-hydrogen) atoms. The number of para-hydroxylation sites is 1. The van der Waals surface area contributed by atoms with Gasteiger partial charge in [-0.05, 0) is 41.5 Å². The van der Waals surface area contributed by atoms with E-state index >= 15 is 0 Å². The zero-order valence-electron chi connectivity index (χ0n) is 13.8. The Morgan fingerprint density at radius 2 is 1.73 bits per heavy atom. The van der Waals surface area contributed by atoms with Crippen molar-refractivity contribution in [3.05, 3.63) is 81.1 Å². The molecule has 4 rings (SSSR count). The molecule has 0 aliphatic carbocycles. The minimum atomic E-state index is -0.456. The number of fused-ring (bicyclic) bond motifs is 3. The molecule has 4 aromatic rings. The molecule has 0 N–H and O–H groups in total. The third-order valence-electron chi connectivity index (χ3n) is 4.30. The second-order valence-corrected chi connectivity index (χ2v) is 6.75. The van der Waals surface area contributed by atoms with Gasteiger partial charge in [0.05, 0.1) is 18.1 Å². The smallest absolute Gasteiger partial charge is 0.344 e. The van der Waals surface area contributed by atoms with Gasteiger partial charge in [0, 0.05) is 15.2 Å². The first-order chi connectivity index (χ1) is 12.6. The predicted molar refractivity (Wildman–Crippen MR) is 104 cm³/mol. The molecule has 0 saturated carbocycles. The van der Waals surface area contributed by atoms with E-state index in [4.69, 9.17) is 9.15 Å². The van der Waals surface area contributed by atoms with Crippen LogP contribution in [0.15, 0.2) is 74.3 Å². The van der Waals surface area contributed by atoms with E-state index in [0.717, 1.165) is 15.4 Å². The monoisotopic (exact) mass is 408 g/mol. The SMILES string of the molecule is COC(=O)c1cc(-c2ccc(Br)cc2)c2c(=O)oc3ccccc3c2c1. The number of hydrogen-bond donors (Lipinski definition) is 0. The van der Waals surface area contributed by atoms with E-state index in [9.17, 15) is 9.59 Å². The maximum Gasteiger partial charge on any atom is 0.344 e. The molecule has 0 amide bonds. The number of carbonyl (C=O) groups is 1. The fourth-order valence-electron chi connectivity index (χ4n) is 3.10. The first kappa shape index (κ1) is 16.5. The second-order valence-electron chi connectivity index (χ2n) is 5.83. The summed E-state index contributed by atoms with van der Waals surface area (Å²) in [4.78, 5) is 24.9. The average Bonchev–Trinajstić information content (AvgIpc) is 2.67. The zero-order valence-corrected chi connectivity index (χ0v) is 15.4. The van der Waals surface area contributed by atoms with Crippen molar-refractivity contribution in [2.75, 3.05) is 7.11 Å². The van der Waals surface area contributed by atoms with Crippen molar-refractivity contribution in [3.8, 4) is 11.1 Å². The van der Waals surface area contributed by atoms with Gasteiger partial charge in [0.2, 0.25) is 0 Å². The van der Waals surface area contributed by atoms with E-state index in [-0.39, 0.29) is 0 Å². The highest BCUT2D eigenvalue weighted by Gasteiger charge is 2.17. The lowest BCUT2D eigenvalue weighted by Gasteiger charge is -2.11. The lowest BCUT2D eigenvalue weighted by Crippen LogP contribution is -2.06. The molecule has 5 heteroatoms. The molecule has 1 aromatic heterocycles. The Balaban J connectivity index is 2.18. The highest BCUT2D eigenvalue weighted by atomic mass is 79.9. The van der Waals surface area contributed by atoms with Gasteiger partial charge in [-0.25, -0.2) is 9.59 Å². The minimum absolute atomic E-state index is 0.383. The van der Waals surface area contributed by atoms with Crippen LogP contribution >= 0.6 is 15.9 Å². The minimum Gasteiger partial charge on any atom is -0.465 e. The molecule has 0 radical (unpaired) electrons. The van der Waals surface area contributed by atoms with Crippen molar-refractivity contribution in [2.45, 2.75) is 0 Å². The summed E-state index contributed by atoms with van der Waals surface area (Å²) in [5.74, 6) is -0.456. The fraction of sp³-hybridized carbons (Fsp3) is 0.0476. The van der Waals surface area contributed by atoms with Gasteiger partial charge in [-0.3, -0.25) is 0 Å². The Labute approximate surface area is 157 Å². The van der Waals surface area contributed by atoms with Gasteiger partial charge in [-0.15, -0.1) is 0 Å². The van der Waals surface area contributed by atoms with Crippen LogP contribution in [0.2, 0.25) is 0 Å². The van der Waals surface area contributed by atoms with Gasteiger partial charge in [0.1, 0.15) is 5.58 Å². The summed E-state index contributed by atoms with van der Waals surface area (Å²) in [7, 11) is 1.34. The highest BCUT2D eigenvalue weighted by Crippen LogP contribution is 2.33. The number of hydrogen-bond acceptors (Lipinski definition) is 4. The topological polar surface area (TPSA) is 56.5 Å². The summed E-state index contributed by atoms with van der Waals surface area (Å²) in [5.41, 5.74) is 1.87. The summed E-state index contributed by atoms with van der Waals surface area (Å²) < 4.78 is 11.3. The molecular weight excluding hydrogens is 396 g/mol. The molecule has 0 aliphatic rings. The van der Waals surface area contributed by atoms with Crippen LogP contribution in [0.4, 0.5) is 0 Å².